The van der Waals surface area contributed by atoms with Crippen LogP contribution in [0.2, 0.25) is 0 Å². The molecule has 0 amide bonds. The van der Waals surface area contributed by atoms with E-state index < -0.39 is 0 Å². The molecule has 2 aliphatic heterocycles. The first-order chi connectivity index (χ1) is 13.3. The molecule has 7 heteroatoms. The molecule has 3 heterocycles. The van der Waals surface area contributed by atoms with Gasteiger partial charge in [0.05, 0.1) is 12.7 Å². The van der Waals surface area contributed by atoms with Crippen LogP contribution >= 0.6 is 11.3 Å². The molecule has 0 aromatic carbocycles. The van der Waals surface area contributed by atoms with Gasteiger partial charge in [-0.15, -0.1) is 11.3 Å². The second-order valence-electron chi connectivity index (χ2n) is 7.15. The van der Waals surface area contributed by atoms with E-state index >= 15 is 0 Å². The van der Waals surface area contributed by atoms with Gasteiger partial charge in [-0.05, 0) is 49.6 Å². The van der Waals surface area contributed by atoms with Crippen molar-refractivity contribution in [3.8, 4) is 0 Å². The van der Waals surface area contributed by atoms with Crippen molar-refractivity contribution in [2.45, 2.75) is 45.3 Å². The maximum Gasteiger partial charge on any atom is 0.191 e. The van der Waals surface area contributed by atoms with E-state index in [1.54, 1.807) is 4.88 Å². The second kappa shape index (κ2) is 11.6. The minimum absolute atomic E-state index is 0.312. The third kappa shape index (κ3) is 7.07. The predicted octanol–water partition coefficient (Wildman–Crippen LogP) is 2.25. The van der Waals surface area contributed by atoms with Crippen LogP contribution in [0.1, 0.15) is 36.6 Å². The summed E-state index contributed by atoms with van der Waals surface area (Å²) in [5.74, 6) is 0.907. The van der Waals surface area contributed by atoms with E-state index in [0.29, 0.717) is 6.10 Å². The fourth-order valence-corrected chi connectivity index (χ4v) is 4.41. The summed E-state index contributed by atoms with van der Waals surface area (Å²) in [4.78, 5) is 8.74. The lowest BCUT2D eigenvalue weighted by molar-refractivity contribution is 0.0171. The monoisotopic (exact) mass is 394 g/mol. The lowest BCUT2D eigenvalue weighted by Gasteiger charge is -2.27. The zero-order chi connectivity index (χ0) is 18.7. The Morgan fingerprint density at radius 1 is 1.44 bits per heavy atom. The van der Waals surface area contributed by atoms with Crippen LogP contribution < -0.4 is 10.6 Å². The Hall–Kier alpha value is -1.15. The number of hydrogen-bond acceptors (Lipinski definition) is 5. The SMILES string of the molecule is CCNC(=NCCCOCC1CCCO1)NCCN1CCc2sccc2C1. The number of aliphatic imine (C=N–C) groups is 1. The normalized spacial score (nSPS) is 20.6. The Bertz CT molecular complexity index is 572. The van der Waals surface area contributed by atoms with E-state index in [4.69, 9.17) is 9.47 Å². The molecule has 6 nitrogen and oxygen atoms in total. The topological polar surface area (TPSA) is 58.1 Å². The molecule has 1 saturated heterocycles. The van der Waals surface area contributed by atoms with Crippen molar-refractivity contribution in [3.05, 3.63) is 21.9 Å². The quantitative estimate of drug-likeness (QED) is 0.362. The molecular formula is C20H34N4O2S. The molecule has 2 aliphatic rings. The van der Waals surface area contributed by atoms with E-state index in [1.165, 1.54) is 18.4 Å². The number of hydrogen-bond donors (Lipinski definition) is 2. The molecule has 1 atom stereocenters. The second-order valence-corrected chi connectivity index (χ2v) is 8.15. The minimum atomic E-state index is 0.312. The van der Waals surface area contributed by atoms with Crippen LogP contribution in [0.3, 0.4) is 0 Å². The zero-order valence-electron chi connectivity index (χ0n) is 16.5. The first-order valence-corrected chi connectivity index (χ1v) is 11.2. The molecule has 2 N–H and O–H groups in total. The van der Waals surface area contributed by atoms with Gasteiger partial charge in [-0.2, -0.15) is 0 Å². The van der Waals surface area contributed by atoms with Gasteiger partial charge in [0.1, 0.15) is 0 Å². The average Bonchev–Trinajstić information content (AvgIpc) is 3.35. The predicted molar refractivity (Wildman–Crippen MR) is 112 cm³/mol. The van der Waals surface area contributed by atoms with Crippen LogP contribution in [0, 0.1) is 0 Å². The maximum atomic E-state index is 5.70. The van der Waals surface area contributed by atoms with Crippen molar-refractivity contribution in [2.75, 3.05) is 52.5 Å². The van der Waals surface area contributed by atoms with Gasteiger partial charge < -0.3 is 20.1 Å². The summed E-state index contributed by atoms with van der Waals surface area (Å²) in [7, 11) is 0. The molecule has 0 aliphatic carbocycles. The molecule has 152 valence electrons. The third-order valence-electron chi connectivity index (χ3n) is 5.00. The Kier molecular flexibility index (Phi) is 8.87. The lowest BCUT2D eigenvalue weighted by atomic mass is 10.1. The molecule has 0 radical (unpaired) electrons. The van der Waals surface area contributed by atoms with Gasteiger partial charge >= 0.3 is 0 Å². The molecule has 1 aromatic heterocycles. The molecule has 0 bridgehead atoms. The van der Waals surface area contributed by atoms with Crippen molar-refractivity contribution < 1.29 is 9.47 Å². The number of rotatable bonds is 10. The molecule has 1 fully saturated rings. The first-order valence-electron chi connectivity index (χ1n) is 10.3. The molecule has 1 aromatic rings. The van der Waals surface area contributed by atoms with Crippen LogP contribution in [-0.4, -0.2) is 69.5 Å². The number of guanidine groups is 1. The fourth-order valence-electron chi connectivity index (χ4n) is 3.52. The van der Waals surface area contributed by atoms with E-state index in [-0.39, 0.29) is 0 Å². The number of fused-ring (bicyclic) bond motifs is 1. The van der Waals surface area contributed by atoms with Gasteiger partial charge in [0.2, 0.25) is 0 Å². The molecule has 0 spiro atoms. The maximum absolute atomic E-state index is 5.70. The van der Waals surface area contributed by atoms with Gasteiger partial charge in [-0.3, -0.25) is 9.89 Å². The molecule has 1 unspecified atom stereocenters. The van der Waals surface area contributed by atoms with E-state index in [9.17, 15) is 0 Å². The highest BCUT2D eigenvalue weighted by Gasteiger charge is 2.16. The van der Waals surface area contributed by atoms with Crippen LogP contribution in [0.4, 0.5) is 0 Å². The fraction of sp³-hybridized carbons (Fsp3) is 0.750. The van der Waals surface area contributed by atoms with Crippen molar-refractivity contribution in [1.29, 1.82) is 0 Å². The summed E-state index contributed by atoms with van der Waals surface area (Å²) in [6.07, 6.45) is 4.75. The van der Waals surface area contributed by atoms with Gasteiger partial charge in [-0.1, -0.05) is 0 Å². The van der Waals surface area contributed by atoms with Gasteiger partial charge in [0.25, 0.3) is 0 Å². The van der Waals surface area contributed by atoms with Gasteiger partial charge in [0.15, 0.2) is 5.96 Å². The van der Waals surface area contributed by atoms with E-state index in [2.05, 4.69) is 38.9 Å². The zero-order valence-corrected chi connectivity index (χ0v) is 17.4. The minimum Gasteiger partial charge on any atom is -0.379 e. The van der Waals surface area contributed by atoms with Crippen molar-refractivity contribution >= 4 is 17.3 Å². The standard InChI is InChI=1S/C20H34N4O2S/c1-2-21-20(22-8-4-12-25-16-18-5-3-13-26-18)23-9-11-24-10-6-19-17(15-24)7-14-27-19/h7,14,18H,2-6,8-13,15-16H2,1H3,(H2,21,22,23). The molecule has 0 saturated carbocycles. The molecular weight excluding hydrogens is 360 g/mol. The summed E-state index contributed by atoms with van der Waals surface area (Å²) in [5, 5.41) is 9.00. The first kappa shape index (κ1) is 20.6. The van der Waals surface area contributed by atoms with Crippen LogP contribution in [0.15, 0.2) is 16.4 Å². The molecule has 27 heavy (non-hydrogen) atoms. The summed E-state index contributed by atoms with van der Waals surface area (Å²) < 4.78 is 11.3. The Morgan fingerprint density at radius 3 is 3.26 bits per heavy atom. The third-order valence-corrected chi connectivity index (χ3v) is 6.02. The Labute approximate surface area is 167 Å². The lowest BCUT2D eigenvalue weighted by Crippen LogP contribution is -2.42. The summed E-state index contributed by atoms with van der Waals surface area (Å²) in [6.45, 7) is 10.3. The Morgan fingerprint density at radius 2 is 2.41 bits per heavy atom. The van der Waals surface area contributed by atoms with Crippen molar-refractivity contribution in [3.63, 3.8) is 0 Å². The average molecular weight is 395 g/mol. The summed E-state index contributed by atoms with van der Waals surface area (Å²) in [5.41, 5.74) is 1.51. The van der Waals surface area contributed by atoms with Crippen LogP contribution in [0.25, 0.3) is 0 Å². The van der Waals surface area contributed by atoms with E-state index in [1.807, 2.05) is 11.3 Å². The Balaban J connectivity index is 1.28. The summed E-state index contributed by atoms with van der Waals surface area (Å²) >= 11 is 1.90. The van der Waals surface area contributed by atoms with Gasteiger partial charge in [-0.25, -0.2) is 0 Å². The largest absolute Gasteiger partial charge is 0.379 e. The molecule has 3 rings (SSSR count). The van der Waals surface area contributed by atoms with Crippen LogP contribution in [-0.2, 0) is 22.4 Å². The smallest absolute Gasteiger partial charge is 0.191 e. The number of nitrogens with one attached hydrogen (secondary N) is 2. The number of thiophene rings is 1. The van der Waals surface area contributed by atoms with E-state index in [0.717, 1.165) is 77.9 Å². The van der Waals surface area contributed by atoms with Crippen molar-refractivity contribution in [1.82, 2.24) is 15.5 Å². The highest BCUT2D eigenvalue weighted by atomic mass is 32.1. The number of nitrogens with zero attached hydrogens (tertiary/aromatic N) is 2. The van der Waals surface area contributed by atoms with Crippen molar-refractivity contribution in [2.24, 2.45) is 4.99 Å². The summed E-state index contributed by atoms with van der Waals surface area (Å²) in [6, 6.07) is 2.27. The highest BCUT2D eigenvalue weighted by molar-refractivity contribution is 7.10. The van der Waals surface area contributed by atoms with Crippen LogP contribution in [0.5, 0.6) is 0 Å². The van der Waals surface area contributed by atoms with Gasteiger partial charge in [0, 0.05) is 57.4 Å². The highest BCUT2D eigenvalue weighted by Crippen LogP contribution is 2.23. The number of ether oxygens (including phenoxy) is 2.